The van der Waals surface area contributed by atoms with Gasteiger partial charge in [-0.1, -0.05) is 0 Å². The van der Waals surface area contributed by atoms with Crippen LogP contribution >= 0.6 is 0 Å². The molecule has 0 atom stereocenters. The van der Waals surface area contributed by atoms with E-state index in [1.54, 1.807) is 12.1 Å². The molecular weight excluding hydrogens is 234 g/mol. The smallest absolute Gasteiger partial charge is 0.269 e. The van der Waals surface area contributed by atoms with Crippen molar-refractivity contribution >= 4 is 17.7 Å². The minimum absolute atomic E-state index is 0.110. The quantitative estimate of drug-likeness (QED) is 0.451. The Morgan fingerprint density at radius 1 is 1.17 bits per heavy atom. The van der Waals surface area contributed by atoms with Crippen molar-refractivity contribution < 1.29 is 9.72 Å². The fraction of sp³-hybridized carbons (Fsp3) is 0.417. The Balaban J connectivity index is 1.97. The molecule has 2 rings (SSSR count). The number of anilines is 1. The zero-order valence-electron chi connectivity index (χ0n) is 9.99. The normalized spacial score (nSPS) is 16.6. The standard InChI is InChI=1S/C12H15N3O3/c16-10-9-13-5-7-14(8-6-13)11-1-3-12(4-2-11)15(17)18/h1-4,10H,5-9H2. The van der Waals surface area contributed by atoms with Gasteiger partial charge in [0, 0.05) is 44.0 Å². The Morgan fingerprint density at radius 3 is 2.28 bits per heavy atom. The molecule has 0 saturated carbocycles. The zero-order chi connectivity index (χ0) is 13.0. The Hall–Kier alpha value is -1.95. The lowest BCUT2D eigenvalue weighted by molar-refractivity contribution is -0.384. The number of non-ortho nitro benzene ring substituents is 1. The number of piperazine rings is 1. The van der Waals surface area contributed by atoms with Crippen molar-refractivity contribution in [2.24, 2.45) is 0 Å². The van der Waals surface area contributed by atoms with Gasteiger partial charge in [-0.05, 0) is 12.1 Å². The highest BCUT2D eigenvalue weighted by molar-refractivity contribution is 5.53. The molecule has 1 saturated heterocycles. The summed E-state index contributed by atoms with van der Waals surface area (Å²) in [5, 5.41) is 10.6. The third-order valence-electron chi connectivity index (χ3n) is 3.13. The lowest BCUT2D eigenvalue weighted by atomic mass is 10.2. The van der Waals surface area contributed by atoms with Gasteiger partial charge in [0.05, 0.1) is 11.5 Å². The summed E-state index contributed by atoms with van der Waals surface area (Å²) in [5.74, 6) is 0. The van der Waals surface area contributed by atoms with Crippen LogP contribution in [0.4, 0.5) is 11.4 Å². The number of nitro groups is 1. The Labute approximate surface area is 105 Å². The maximum Gasteiger partial charge on any atom is 0.269 e. The molecule has 0 N–H and O–H groups in total. The average Bonchev–Trinajstić information content (AvgIpc) is 2.40. The number of carbonyl (C=O) groups excluding carboxylic acids is 1. The molecule has 1 fully saturated rings. The number of benzene rings is 1. The second kappa shape index (κ2) is 5.59. The van der Waals surface area contributed by atoms with Gasteiger partial charge >= 0.3 is 0 Å². The van der Waals surface area contributed by atoms with Gasteiger partial charge in [0.1, 0.15) is 6.29 Å². The van der Waals surface area contributed by atoms with Crippen LogP contribution in [0.1, 0.15) is 0 Å². The number of hydrogen-bond donors (Lipinski definition) is 0. The molecule has 1 aliphatic heterocycles. The van der Waals surface area contributed by atoms with Gasteiger partial charge < -0.3 is 9.69 Å². The number of nitro benzene ring substituents is 1. The molecule has 1 aromatic carbocycles. The molecule has 6 heteroatoms. The number of nitrogens with zero attached hydrogens (tertiary/aromatic N) is 3. The summed E-state index contributed by atoms with van der Waals surface area (Å²) in [6.45, 7) is 3.84. The number of aldehydes is 1. The van der Waals surface area contributed by atoms with Crippen molar-refractivity contribution in [1.82, 2.24) is 4.90 Å². The van der Waals surface area contributed by atoms with Gasteiger partial charge in [-0.2, -0.15) is 0 Å². The van der Waals surface area contributed by atoms with Crippen LogP contribution in [-0.2, 0) is 4.79 Å². The number of carbonyl (C=O) groups is 1. The first-order chi connectivity index (χ1) is 8.70. The summed E-state index contributed by atoms with van der Waals surface area (Å²) in [6, 6.07) is 6.58. The lowest BCUT2D eigenvalue weighted by Crippen LogP contribution is -2.46. The van der Waals surface area contributed by atoms with Crippen molar-refractivity contribution in [1.29, 1.82) is 0 Å². The molecule has 1 heterocycles. The largest absolute Gasteiger partial charge is 0.369 e. The van der Waals surface area contributed by atoms with E-state index in [2.05, 4.69) is 9.80 Å². The van der Waals surface area contributed by atoms with E-state index in [4.69, 9.17) is 0 Å². The molecule has 1 aromatic rings. The summed E-state index contributed by atoms with van der Waals surface area (Å²) < 4.78 is 0. The predicted molar refractivity (Wildman–Crippen MR) is 67.8 cm³/mol. The molecule has 0 bridgehead atoms. The van der Waals surface area contributed by atoms with E-state index in [9.17, 15) is 14.9 Å². The highest BCUT2D eigenvalue weighted by Crippen LogP contribution is 2.20. The van der Waals surface area contributed by atoms with Crippen molar-refractivity contribution in [3.05, 3.63) is 34.4 Å². The fourth-order valence-electron chi connectivity index (χ4n) is 2.08. The predicted octanol–water partition coefficient (Wildman–Crippen LogP) is 0.916. The van der Waals surface area contributed by atoms with Gasteiger partial charge in [-0.15, -0.1) is 0 Å². The van der Waals surface area contributed by atoms with Crippen LogP contribution in [0.25, 0.3) is 0 Å². The van der Waals surface area contributed by atoms with Crippen LogP contribution < -0.4 is 4.90 Å². The minimum atomic E-state index is -0.397. The van der Waals surface area contributed by atoms with E-state index >= 15 is 0 Å². The topological polar surface area (TPSA) is 66.7 Å². The first kappa shape index (κ1) is 12.5. The minimum Gasteiger partial charge on any atom is -0.369 e. The van der Waals surface area contributed by atoms with Crippen molar-refractivity contribution in [2.75, 3.05) is 37.6 Å². The molecule has 6 nitrogen and oxygen atoms in total. The van der Waals surface area contributed by atoms with E-state index in [-0.39, 0.29) is 5.69 Å². The monoisotopic (exact) mass is 249 g/mol. The van der Waals surface area contributed by atoms with Gasteiger partial charge in [0.15, 0.2) is 0 Å². The second-order valence-corrected chi connectivity index (χ2v) is 4.23. The molecule has 1 aliphatic rings. The van der Waals surface area contributed by atoms with E-state index in [1.807, 2.05) is 0 Å². The van der Waals surface area contributed by atoms with Crippen LogP contribution in [0.5, 0.6) is 0 Å². The molecule has 0 aliphatic carbocycles. The van der Waals surface area contributed by atoms with Gasteiger partial charge in [0.2, 0.25) is 0 Å². The summed E-state index contributed by atoms with van der Waals surface area (Å²) in [4.78, 5) is 24.8. The molecular formula is C12H15N3O3. The van der Waals surface area contributed by atoms with E-state index in [0.717, 1.165) is 38.2 Å². The zero-order valence-corrected chi connectivity index (χ0v) is 9.99. The van der Waals surface area contributed by atoms with E-state index < -0.39 is 4.92 Å². The molecule has 0 unspecified atom stereocenters. The Bertz CT molecular complexity index is 425. The first-order valence-corrected chi connectivity index (χ1v) is 5.86. The second-order valence-electron chi connectivity index (χ2n) is 4.23. The lowest BCUT2D eigenvalue weighted by Gasteiger charge is -2.35. The van der Waals surface area contributed by atoms with Crippen LogP contribution in [0.2, 0.25) is 0 Å². The molecule has 0 amide bonds. The van der Waals surface area contributed by atoms with E-state index in [0.29, 0.717) is 6.54 Å². The Kier molecular flexibility index (Phi) is 3.88. The van der Waals surface area contributed by atoms with Crippen molar-refractivity contribution in [3.63, 3.8) is 0 Å². The van der Waals surface area contributed by atoms with Crippen LogP contribution in [0.15, 0.2) is 24.3 Å². The molecule has 0 aromatic heterocycles. The maximum absolute atomic E-state index is 10.6. The summed E-state index contributed by atoms with van der Waals surface area (Å²) in [6.07, 6.45) is 0.918. The highest BCUT2D eigenvalue weighted by Gasteiger charge is 2.17. The number of hydrogen-bond acceptors (Lipinski definition) is 5. The number of rotatable bonds is 4. The molecule has 0 radical (unpaired) electrons. The van der Waals surface area contributed by atoms with Crippen LogP contribution in [0, 0.1) is 10.1 Å². The Morgan fingerprint density at radius 2 is 1.78 bits per heavy atom. The SMILES string of the molecule is O=CCN1CCN(c2ccc([N+](=O)[O-])cc2)CC1. The summed E-state index contributed by atoms with van der Waals surface area (Å²) >= 11 is 0. The fourth-order valence-corrected chi connectivity index (χ4v) is 2.08. The third-order valence-corrected chi connectivity index (χ3v) is 3.13. The van der Waals surface area contributed by atoms with Crippen molar-refractivity contribution in [2.45, 2.75) is 0 Å². The summed E-state index contributed by atoms with van der Waals surface area (Å²) in [7, 11) is 0. The van der Waals surface area contributed by atoms with Gasteiger partial charge in [-0.3, -0.25) is 15.0 Å². The van der Waals surface area contributed by atoms with Crippen LogP contribution in [-0.4, -0.2) is 48.8 Å². The average molecular weight is 249 g/mol. The molecule has 0 spiro atoms. The highest BCUT2D eigenvalue weighted by atomic mass is 16.6. The van der Waals surface area contributed by atoms with Crippen LogP contribution in [0.3, 0.4) is 0 Å². The van der Waals surface area contributed by atoms with Gasteiger partial charge in [0.25, 0.3) is 5.69 Å². The molecule has 96 valence electrons. The molecule has 18 heavy (non-hydrogen) atoms. The maximum atomic E-state index is 10.6. The third kappa shape index (κ3) is 2.84. The summed E-state index contributed by atoms with van der Waals surface area (Å²) in [5.41, 5.74) is 1.10. The van der Waals surface area contributed by atoms with E-state index in [1.165, 1.54) is 12.1 Å². The van der Waals surface area contributed by atoms with Gasteiger partial charge in [-0.25, -0.2) is 0 Å². The van der Waals surface area contributed by atoms with Crippen molar-refractivity contribution in [3.8, 4) is 0 Å². The first-order valence-electron chi connectivity index (χ1n) is 5.86.